The number of ketones is 2. The maximum atomic E-state index is 12.1. The third-order valence-electron chi connectivity index (χ3n) is 4.62. The molecule has 6 nitrogen and oxygen atoms in total. The second kappa shape index (κ2) is 9.09. The number of benzene rings is 2. The predicted octanol–water partition coefficient (Wildman–Crippen LogP) is 1.38. The molecule has 0 unspecified atom stereocenters. The smallest absolute Gasteiger partial charge is 0.289 e. The number of hydrogen-bond donors (Lipinski definition) is 1. The average molecular weight is 365 g/mol. The van der Waals surface area contributed by atoms with Crippen LogP contribution in [0.3, 0.4) is 0 Å². The number of piperazine rings is 1. The number of rotatable bonds is 7. The lowest BCUT2D eigenvalue weighted by Crippen LogP contribution is -2.50. The third-order valence-corrected chi connectivity index (χ3v) is 4.62. The van der Waals surface area contributed by atoms with Gasteiger partial charge in [0.15, 0.2) is 5.78 Å². The maximum absolute atomic E-state index is 12.1. The van der Waals surface area contributed by atoms with E-state index in [0.29, 0.717) is 5.56 Å². The Morgan fingerprint density at radius 3 is 2.04 bits per heavy atom. The van der Waals surface area contributed by atoms with Crippen LogP contribution in [0.4, 0.5) is 5.69 Å². The third kappa shape index (κ3) is 5.24. The lowest BCUT2D eigenvalue weighted by atomic mass is 10.1. The Morgan fingerprint density at radius 1 is 0.815 bits per heavy atom. The summed E-state index contributed by atoms with van der Waals surface area (Å²) in [5, 5.41) is 2.43. The fourth-order valence-electron chi connectivity index (χ4n) is 3.06. The lowest BCUT2D eigenvalue weighted by Gasteiger charge is -2.35. The van der Waals surface area contributed by atoms with E-state index in [4.69, 9.17) is 0 Å². The van der Waals surface area contributed by atoms with Gasteiger partial charge in [0.05, 0.1) is 13.1 Å². The number of anilines is 1. The molecule has 1 aliphatic heterocycles. The molecular formula is C21H23N3O3. The van der Waals surface area contributed by atoms with Gasteiger partial charge in [0.1, 0.15) is 0 Å². The number of carbonyl (C=O) groups is 3. The number of Topliss-reactive ketones (excluding diaryl/α,β-unsaturated/α-hetero) is 2. The maximum Gasteiger partial charge on any atom is 0.289 e. The van der Waals surface area contributed by atoms with Gasteiger partial charge in [0.25, 0.3) is 5.91 Å². The van der Waals surface area contributed by atoms with Crippen LogP contribution in [-0.4, -0.2) is 61.6 Å². The highest BCUT2D eigenvalue weighted by Gasteiger charge is 2.22. The Kier molecular flexibility index (Phi) is 6.33. The summed E-state index contributed by atoms with van der Waals surface area (Å²) in [6.45, 7) is 2.97. The van der Waals surface area contributed by atoms with E-state index in [1.807, 2.05) is 29.2 Å². The van der Waals surface area contributed by atoms with Gasteiger partial charge in [-0.1, -0.05) is 48.5 Å². The second-order valence-corrected chi connectivity index (χ2v) is 6.49. The molecule has 140 valence electrons. The number of hydrogen-bond acceptors (Lipinski definition) is 5. The van der Waals surface area contributed by atoms with Gasteiger partial charge in [-0.2, -0.15) is 0 Å². The molecule has 2 aromatic rings. The molecule has 1 amide bonds. The van der Waals surface area contributed by atoms with Gasteiger partial charge in [-0.05, 0) is 12.1 Å². The van der Waals surface area contributed by atoms with E-state index in [1.54, 1.807) is 24.3 Å². The van der Waals surface area contributed by atoms with E-state index in [1.165, 1.54) is 5.69 Å². The fourth-order valence-corrected chi connectivity index (χ4v) is 3.06. The van der Waals surface area contributed by atoms with Gasteiger partial charge in [-0.15, -0.1) is 0 Å². The Labute approximate surface area is 158 Å². The highest BCUT2D eigenvalue weighted by atomic mass is 16.2. The minimum Gasteiger partial charge on any atom is -0.369 e. The Hall–Kier alpha value is -2.99. The highest BCUT2D eigenvalue weighted by molar-refractivity contribution is 6.37. The zero-order valence-electron chi connectivity index (χ0n) is 15.1. The largest absolute Gasteiger partial charge is 0.369 e. The summed E-state index contributed by atoms with van der Waals surface area (Å²) in [4.78, 5) is 40.3. The van der Waals surface area contributed by atoms with E-state index in [0.717, 1.165) is 26.2 Å². The van der Waals surface area contributed by atoms with Crippen LogP contribution in [0.2, 0.25) is 0 Å². The molecule has 1 heterocycles. The Balaban J connectivity index is 1.41. The molecule has 0 saturated carbocycles. The van der Waals surface area contributed by atoms with Crippen molar-refractivity contribution in [1.82, 2.24) is 10.2 Å². The number of para-hydroxylation sites is 1. The van der Waals surface area contributed by atoms with E-state index in [2.05, 4.69) is 22.3 Å². The fraction of sp³-hybridized carbons (Fsp3) is 0.286. The second-order valence-electron chi connectivity index (χ2n) is 6.49. The first kappa shape index (κ1) is 18.8. The van der Waals surface area contributed by atoms with Gasteiger partial charge in [-0.25, -0.2) is 0 Å². The summed E-state index contributed by atoms with van der Waals surface area (Å²) in [7, 11) is 0. The topological polar surface area (TPSA) is 69.7 Å². The van der Waals surface area contributed by atoms with Gasteiger partial charge >= 0.3 is 0 Å². The molecule has 0 aliphatic carbocycles. The first-order chi connectivity index (χ1) is 13.1. The van der Waals surface area contributed by atoms with Gasteiger partial charge in [0, 0.05) is 37.4 Å². The lowest BCUT2D eigenvalue weighted by molar-refractivity contribution is -0.138. The van der Waals surface area contributed by atoms with Crippen LogP contribution in [0.1, 0.15) is 10.4 Å². The molecule has 1 saturated heterocycles. The molecule has 1 N–H and O–H groups in total. The van der Waals surface area contributed by atoms with Crippen molar-refractivity contribution in [3.8, 4) is 0 Å². The van der Waals surface area contributed by atoms with Crippen LogP contribution in [0, 0.1) is 0 Å². The van der Waals surface area contributed by atoms with Gasteiger partial charge in [-0.3, -0.25) is 19.3 Å². The molecule has 1 aliphatic rings. The molecular weight excluding hydrogens is 342 g/mol. The van der Waals surface area contributed by atoms with Crippen LogP contribution in [-0.2, 0) is 9.59 Å². The molecule has 0 radical (unpaired) electrons. The molecule has 6 heteroatoms. The number of nitrogens with zero attached hydrogens (tertiary/aromatic N) is 2. The van der Waals surface area contributed by atoms with E-state index < -0.39 is 11.7 Å². The van der Waals surface area contributed by atoms with Crippen LogP contribution >= 0.6 is 0 Å². The summed E-state index contributed by atoms with van der Waals surface area (Å²) in [6, 6.07) is 18.8. The summed E-state index contributed by atoms with van der Waals surface area (Å²) >= 11 is 0. The van der Waals surface area contributed by atoms with Gasteiger partial charge < -0.3 is 10.2 Å². The minimum absolute atomic E-state index is 0.0774. The minimum atomic E-state index is -0.704. The first-order valence-electron chi connectivity index (χ1n) is 9.05. The van der Waals surface area contributed by atoms with Crippen molar-refractivity contribution >= 4 is 23.2 Å². The van der Waals surface area contributed by atoms with Crippen molar-refractivity contribution in [3.63, 3.8) is 0 Å². The van der Waals surface area contributed by atoms with Crippen molar-refractivity contribution in [2.75, 3.05) is 44.2 Å². The zero-order chi connectivity index (χ0) is 19.1. The van der Waals surface area contributed by atoms with Crippen molar-refractivity contribution < 1.29 is 14.4 Å². The first-order valence-corrected chi connectivity index (χ1v) is 9.05. The Morgan fingerprint density at radius 2 is 1.41 bits per heavy atom. The SMILES string of the molecule is O=C(CN1CCN(c2ccccc2)CC1)C(=O)NCC(=O)c1ccccc1. The van der Waals surface area contributed by atoms with Crippen molar-refractivity contribution in [3.05, 3.63) is 66.2 Å². The van der Waals surface area contributed by atoms with Crippen LogP contribution in [0.25, 0.3) is 0 Å². The summed E-state index contributed by atoms with van der Waals surface area (Å²) in [5.41, 5.74) is 1.68. The van der Waals surface area contributed by atoms with Crippen LogP contribution in [0.15, 0.2) is 60.7 Å². The number of carbonyl (C=O) groups excluding carboxylic acids is 3. The molecule has 3 rings (SSSR count). The number of nitrogens with one attached hydrogen (secondary N) is 1. The van der Waals surface area contributed by atoms with Gasteiger partial charge in [0.2, 0.25) is 5.78 Å². The molecule has 27 heavy (non-hydrogen) atoms. The molecule has 0 atom stereocenters. The monoisotopic (exact) mass is 365 g/mol. The zero-order valence-corrected chi connectivity index (χ0v) is 15.1. The normalized spacial score (nSPS) is 14.6. The van der Waals surface area contributed by atoms with E-state index >= 15 is 0 Å². The van der Waals surface area contributed by atoms with Crippen molar-refractivity contribution in [2.45, 2.75) is 0 Å². The summed E-state index contributed by atoms with van der Waals surface area (Å²) in [5.74, 6) is -1.43. The van der Waals surface area contributed by atoms with Crippen LogP contribution in [0.5, 0.6) is 0 Å². The van der Waals surface area contributed by atoms with E-state index in [-0.39, 0.29) is 18.9 Å². The highest BCUT2D eigenvalue weighted by Crippen LogP contribution is 2.15. The van der Waals surface area contributed by atoms with E-state index in [9.17, 15) is 14.4 Å². The average Bonchev–Trinajstić information content (AvgIpc) is 2.73. The van der Waals surface area contributed by atoms with Crippen LogP contribution < -0.4 is 10.2 Å². The molecule has 1 fully saturated rings. The quantitative estimate of drug-likeness (QED) is 0.593. The standard InChI is InChI=1S/C21H23N3O3/c25-19(17-7-3-1-4-8-17)15-22-21(27)20(26)16-23-11-13-24(14-12-23)18-9-5-2-6-10-18/h1-10H,11-16H2,(H,22,27). The molecule has 0 aromatic heterocycles. The summed E-state index contributed by atoms with van der Waals surface area (Å²) in [6.07, 6.45) is 0. The molecule has 0 bridgehead atoms. The summed E-state index contributed by atoms with van der Waals surface area (Å²) < 4.78 is 0. The predicted molar refractivity (Wildman–Crippen MR) is 104 cm³/mol. The molecule has 0 spiro atoms. The Bertz CT molecular complexity index is 785. The van der Waals surface area contributed by atoms with Crippen molar-refractivity contribution in [2.24, 2.45) is 0 Å². The number of amides is 1. The van der Waals surface area contributed by atoms with Crippen molar-refractivity contribution in [1.29, 1.82) is 0 Å². The molecule has 2 aromatic carbocycles.